The molecule has 0 atom stereocenters. The first-order valence-corrected chi connectivity index (χ1v) is 5.85. The van der Waals surface area contributed by atoms with Gasteiger partial charge in [-0.2, -0.15) is 5.10 Å². The fraction of sp³-hybridized carbons (Fsp3) is 0.308. The van der Waals surface area contributed by atoms with E-state index in [9.17, 15) is 4.79 Å². The second kappa shape index (κ2) is 6.65. The van der Waals surface area contributed by atoms with Crippen LogP contribution in [0.3, 0.4) is 0 Å². The summed E-state index contributed by atoms with van der Waals surface area (Å²) in [5.74, 6) is 0.242. The van der Waals surface area contributed by atoms with Gasteiger partial charge in [-0.3, -0.25) is 4.79 Å². The van der Waals surface area contributed by atoms with Crippen LogP contribution < -0.4 is 0 Å². The molecule has 1 aromatic heterocycles. The lowest BCUT2D eigenvalue weighted by molar-refractivity contribution is -0.146. The van der Waals surface area contributed by atoms with E-state index in [1.54, 1.807) is 7.11 Å². The zero-order valence-electron chi connectivity index (χ0n) is 10.7. The van der Waals surface area contributed by atoms with Gasteiger partial charge in [0.1, 0.15) is 26.1 Å². The molecule has 6 nitrogen and oxygen atoms in total. The van der Waals surface area contributed by atoms with Crippen LogP contribution >= 0.6 is 0 Å². The second-order valence-electron chi connectivity index (χ2n) is 3.91. The fourth-order valence-electron chi connectivity index (χ4n) is 1.57. The largest absolute Gasteiger partial charge is 0.459 e. The third-order valence-corrected chi connectivity index (χ3v) is 2.49. The van der Waals surface area contributed by atoms with Gasteiger partial charge < -0.3 is 9.47 Å². The van der Waals surface area contributed by atoms with Crippen LogP contribution in [0.2, 0.25) is 0 Å². The van der Waals surface area contributed by atoms with Gasteiger partial charge in [-0.25, -0.2) is 9.67 Å². The SMILES string of the molecule is COCc1ncnn1CC(=O)OCc1ccccc1. The van der Waals surface area contributed by atoms with Crippen molar-refractivity contribution in [2.45, 2.75) is 19.8 Å². The van der Waals surface area contributed by atoms with Gasteiger partial charge in [0.2, 0.25) is 0 Å². The van der Waals surface area contributed by atoms with Crippen LogP contribution in [0.25, 0.3) is 0 Å². The molecule has 0 amide bonds. The second-order valence-corrected chi connectivity index (χ2v) is 3.91. The van der Waals surface area contributed by atoms with Crippen LogP contribution in [0.15, 0.2) is 36.7 Å². The van der Waals surface area contributed by atoms with Crippen LogP contribution in [0.4, 0.5) is 0 Å². The number of benzene rings is 1. The lowest BCUT2D eigenvalue weighted by Gasteiger charge is -2.06. The molecule has 0 aliphatic heterocycles. The van der Waals surface area contributed by atoms with Crippen molar-refractivity contribution in [3.63, 3.8) is 0 Å². The van der Waals surface area contributed by atoms with E-state index in [4.69, 9.17) is 9.47 Å². The Morgan fingerprint density at radius 2 is 2.05 bits per heavy atom. The molecule has 0 aliphatic carbocycles. The number of ether oxygens (including phenoxy) is 2. The Kier molecular flexibility index (Phi) is 4.63. The summed E-state index contributed by atoms with van der Waals surface area (Å²) >= 11 is 0. The number of aromatic nitrogens is 3. The first kappa shape index (κ1) is 13.2. The van der Waals surface area contributed by atoms with E-state index in [-0.39, 0.29) is 19.1 Å². The van der Waals surface area contributed by atoms with E-state index in [2.05, 4.69) is 10.1 Å². The van der Waals surface area contributed by atoms with E-state index in [0.717, 1.165) is 5.56 Å². The minimum Gasteiger partial charge on any atom is -0.459 e. The summed E-state index contributed by atoms with van der Waals surface area (Å²) in [4.78, 5) is 15.7. The predicted molar refractivity (Wildman–Crippen MR) is 67.0 cm³/mol. The fourth-order valence-corrected chi connectivity index (χ4v) is 1.57. The average Bonchev–Trinajstić information content (AvgIpc) is 2.85. The molecule has 0 N–H and O–H groups in total. The Morgan fingerprint density at radius 1 is 1.26 bits per heavy atom. The van der Waals surface area contributed by atoms with E-state index >= 15 is 0 Å². The van der Waals surface area contributed by atoms with E-state index in [1.807, 2.05) is 30.3 Å². The highest BCUT2D eigenvalue weighted by Gasteiger charge is 2.10. The third kappa shape index (κ3) is 3.89. The van der Waals surface area contributed by atoms with Crippen molar-refractivity contribution in [1.82, 2.24) is 14.8 Å². The summed E-state index contributed by atoms with van der Waals surface area (Å²) in [6, 6.07) is 9.52. The van der Waals surface area contributed by atoms with Gasteiger partial charge in [-0.15, -0.1) is 0 Å². The molecule has 1 heterocycles. The molecule has 19 heavy (non-hydrogen) atoms. The van der Waals surface area contributed by atoms with Crippen molar-refractivity contribution in [2.75, 3.05) is 7.11 Å². The monoisotopic (exact) mass is 261 g/mol. The highest BCUT2D eigenvalue weighted by Crippen LogP contribution is 2.02. The minimum absolute atomic E-state index is 0.0333. The van der Waals surface area contributed by atoms with E-state index < -0.39 is 0 Å². The van der Waals surface area contributed by atoms with Crippen molar-refractivity contribution >= 4 is 5.97 Å². The molecule has 0 saturated heterocycles. The van der Waals surface area contributed by atoms with Gasteiger partial charge in [-0.1, -0.05) is 30.3 Å². The zero-order chi connectivity index (χ0) is 13.5. The molecule has 0 unspecified atom stereocenters. The number of rotatable bonds is 6. The summed E-state index contributed by atoms with van der Waals surface area (Å²) in [5, 5.41) is 3.95. The number of carbonyl (C=O) groups is 1. The predicted octanol–water partition coefficient (Wildman–Crippen LogP) is 1.17. The molecular weight excluding hydrogens is 246 g/mol. The van der Waals surface area contributed by atoms with Crippen LogP contribution in [-0.4, -0.2) is 27.8 Å². The molecule has 0 aliphatic rings. The molecule has 6 heteroatoms. The average molecular weight is 261 g/mol. The zero-order valence-corrected chi connectivity index (χ0v) is 10.7. The first-order chi connectivity index (χ1) is 9.29. The van der Waals surface area contributed by atoms with Gasteiger partial charge in [0, 0.05) is 7.11 Å². The van der Waals surface area contributed by atoms with Crippen LogP contribution in [-0.2, 0) is 34.0 Å². The first-order valence-electron chi connectivity index (χ1n) is 5.85. The normalized spacial score (nSPS) is 10.4. The maximum Gasteiger partial charge on any atom is 0.328 e. The van der Waals surface area contributed by atoms with Gasteiger partial charge in [0.15, 0.2) is 5.82 Å². The van der Waals surface area contributed by atoms with Crippen molar-refractivity contribution in [2.24, 2.45) is 0 Å². The molecule has 0 saturated carbocycles. The summed E-state index contributed by atoms with van der Waals surface area (Å²) in [5.41, 5.74) is 0.951. The summed E-state index contributed by atoms with van der Waals surface area (Å²) in [6.45, 7) is 0.603. The van der Waals surface area contributed by atoms with E-state index in [0.29, 0.717) is 12.4 Å². The van der Waals surface area contributed by atoms with Crippen molar-refractivity contribution in [1.29, 1.82) is 0 Å². The molecule has 0 bridgehead atoms. The molecular formula is C13H15N3O3. The summed E-state index contributed by atoms with van der Waals surface area (Å²) in [7, 11) is 1.56. The Bertz CT molecular complexity index is 525. The minimum atomic E-state index is -0.355. The van der Waals surface area contributed by atoms with Crippen molar-refractivity contribution in [3.05, 3.63) is 48.0 Å². The number of esters is 1. The summed E-state index contributed by atoms with van der Waals surface area (Å²) < 4.78 is 11.6. The number of hydrogen-bond donors (Lipinski definition) is 0. The van der Waals surface area contributed by atoms with E-state index in [1.165, 1.54) is 11.0 Å². The Labute approximate surface area is 111 Å². The quantitative estimate of drug-likeness (QED) is 0.730. The molecule has 1 aromatic carbocycles. The van der Waals surface area contributed by atoms with Crippen molar-refractivity contribution in [3.8, 4) is 0 Å². The van der Waals surface area contributed by atoms with Crippen LogP contribution in [0.1, 0.15) is 11.4 Å². The number of carbonyl (C=O) groups excluding carboxylic acids is 1. The Morgan fingerprint density at radius 3 is 2.79 bits per heavy atom. The van der Waals surface area contributed by atoms with Gasteiger partial charge in [0.05, 0.1) is 0 Å². The van der Waals surface area contributed by atoms with Crippen LogP contribution in [0, 0.1) is 0 Å². The molecule has 0 spiro atoms. The highest BCUT2D eigenvalue weighted by molar-refractivity contribution is 5.69. The van der Waals surface area contributed by atoms with Crippen molar-refractivity contribution < 1.29 is 14.3 Å². The summed E-state index contributed by atoms with van der Waals surface area (Å²) in [6.07, 6.45) is 1.39. The number of nitrogens with zero attached hydrogens (tertiary/aromatic N) is 3. The topological polar surface area (TPSA) is 66.2 Å². The maximum absolute atomic E-state index is 11.7. The molecule has 2 aromatic rings. The Hall–Kier alpha value is -2.21. The molecule has 2 rings (SSSR count). The molecule has 100 valence electrons. The standard InChI is InChI=1S/C13H15N3O3/c1-18-9-12-14-10-15-16(12)7-13(17)19-8-11-5-3-2-4-6-11/h2-6,10H,7-9H2,1H3. The molecule has 0 radical (unpaired) electrons. The third-order valence-electron chi connectivity index (χ3n) is 2.49. The molecule has 0 fully saturated rings. The Balaban J connectivity index is 1.85. The highest BCUT2D eigenvalue weighted by atomic mass is 16.5. The van der Waals surface area contributed by atoms with Gasteiger partial charge >= 0.3 is 5.97 Å². The van der Waals surface area contributed by atoms with Crippen LogP contribution in [0.5, 0.6) is 0 Å². The smallest absolute Gasteiger partial charge is 0.328 e. The number of methoxy groups -OCH3 is 1. The van der Waals surface area contributed by atoms with Gasteiger partial charge in [0.25, 0.3) is 0 Å². The maximum atomic E-state index is 11.7. The number of hydrogen-bond acceptors (Lipinski definition) is 5. The lowest BCUT2D eigenvalue weighted by Crippen LogP contribution is -2.17. The lowest BCUT2D eigenvalue weighted by atomic mass is 10.2. The van der Waals surface area contributed by atoms with Gasteiger partial charge in [-0.05, 0) is 5.56 Å².